The molecule has 0 saturated carbocycles. The maximum atomic E-state index is 12.2. The number of alkyl halides is 2. The maximum absolute atomic E-state index is 12.2. The summed E-state index contributed by atoms with van der Waals surface area (Å²) in [6.07, 6.45) is -2.67. The van der Waals surface area contributed by atoms with Gasteiger partial charge < -0.3 is 0 Å². The van der Waals surface area contributed by atoms with Crippen molar-refractivity contribution in [3.8, 4) is 6.07 Å². The monoisotopic (exact) mass is 310 g/mol. The lowest BCUT2D eigenvalue weighted by atomic mass is 10.2. The highest BCUT2D eigenvalue weighted by Gasteiger charge is 2.14. The van der Waals surface area contributed by atoms with Crippen LogP contribution in [0.1, 0.15) is 17.7 Å². The molecule has 0 aliphatic heterocycles. The molecule has 0 N–H and O–H groups in total. The average molecular weight is 312 g/mol. The Labute approximate surface area is 89.8 Å². The summed E-state index contributed by atoms with van der Waals surface area (Å²) in [5.74, 6) is 0. The van der Waals surface area contributed by atoms with Gasteiger partial charge in [-0.15, -0.1) is 0 Å². The lowest BCUT2D eigenvalue weighted by Gasteiger charge is -2.02. The predicted molar refractivity (Wildman–Crippen MR) is 49.3 cm³/mol. The Bertz CT molecular complexity index is 373. The van der Waals surface area contributed by atoms with Gasteiger partial charge in [0.2, 0.25) is 0 Å². The molecule has 0 saturated heterocycles. The van der Waals surface area contributed by atoms with Crippen molar-refractivity contribution < 1.29 is 8.78 Å². The molecule has 0 spiro atoms. The molecule has 13 heavy (non-hydrogen) atoms. The van der Waals surface area contributed by atoms with Gasteiger partial charge in [-0.2, -0.15) is 5.26 Å². The highest BCUT2D eigenvalue weighted by molar-refractivity contribution is 9.13. The van der Waals surface area contributed by atoms with Gasteiger partial charge in [0.25, 0.3) is 6.43 Å². The molecule has 0 unspecified atom stereocenters. The van der Waals surface area contributed by atoms with E-state index in [1.54, 1.807) is 6.07 Å². The molecule has 0 fully saturated rings. The Balaban J connectivity index is 3.32. The van der Waals surface area contributed by atoms with Crippen LogP contribution in [0.25, 0.3) is 0 Å². The minimum atomic E-state index is -2.67. The van der Waals surface area contributed by atoms with Crippen LogP contribution in [0.4, 0.5) is 8.78 Å². The van der Waals surface area contributed by atoms with Crippen molar-refractivity contribution in [2.24, 2.45) is 0 Å². The van der Waals surface area contributed by atoms with Crippen molar-refractivity contribution in [3.63, 3.8) is 0 Å². The molecule has 1 aromatic heterocycles. The summed E-state index contributed by atoms with van der Waals surface area (Å²) in [5.41, 5.74) is -0.274. The van der Waals surface area contributed by atoms with Crippen LogP contribution in [0, 0.1) is 11.3 Å². The third-order valence-corrected chi connectivity index (χ3v) is 3.19. The normalized spacial score (nSPS) is 10.2. The van der Waals surface area contributed by atoms with Crippen molar-refractivity contribution in [2.45, 2.75) is 6.43 Å². The molecule has 68 valence electrons. The van der Waals surface area contributed by atoms with Gasteiger partial charge >= 0.3 is 0 Å². The Morgan fingerprint density at radius 1 is 1.46 bits per heavy atom. The fourth-order valence-corrected chi connectivity index (χ4v) is 1.42. The van der Waals surface area contributed by atoms with Gasteiger partial charge in [0.15, 0.2) is 0 Å². The zero-order chi connectivity index (χ0) is 10.0. The molecule has 0 aliphatic carbocycles. The van der Waals surface area contributed by atoms with Crippen LogP contribution in [0.5, 0.6) is 0 Å². The SMILES string of the molecule is N#Cc1cc(C(F)F)nc(Br)c1Br. The topological polar surface area (TPSA) is 36.7 Å². The second-order valence-electron chi connectivity index (χ2n) is 2.11. The Hall–Kier alpha value is -0.540. The van der Waals surface area contributed by atoms with Crippen LogP contribution in [0.2, 0.25) is 0 Å². The molecule has 0 atom stereocenters. The lowest BCUT2D eigenvalue weighted by Crippen LogP contribution is -1.93. The molecule has 1 aromatic rings. The first-order valence-electron chi connectivity index (χ1n) is 3.10. The van der Waals surface area contributed by atoms with E-state index in [0.717, 1.165) is 6.07 Å². The van der Waals surface area contributed by atoms with Crippen LogP contribution in [-0.4, -0.2) is 4.98 Å². The molecule has 0 bridgehead atoms. The van der Waals surface area contributed by atoms with Gasteiger partial charge in [0.05, 0.1) is 10.0 Å². The van der Waals surface area contributed by atoms with Crippen molar-refractivity contribution in [3.05, 3.63) is 26.4 Å². The minimum Gasteiger partial charge on any atom is -0.239 e. The van der Waals surface area contributed by atoms with E-state index in [9.17, 15) is 8.78 Å². The largest absolute Gasteiger partial charge is 0.280 e. The van der Waals surface area contributed by atoms with Crippen LogP contribution in [0.15, 0.2) is 15.1 Å². The number of hydrogen-bond donors (Lipinski definition) is 0. The number of halogens is 4. The number of pyridine rings is 1. The predicted octanol–water partition coefficient (Wildman–Crippen LogP) is 3.42. The fraction of sp³-hybridized carbons (Fsp3) is 0.143. The summed E-state index contributed by atoms with van der Waals surface area (Å²) in [5, 5.41) is 8.58. The van der Waals surface area contributed by atoms with Gasteiger partial charge in [0, 0.05) is 0 Å². The van der Waals surface area contributed by atoms with Crippen LogP contribution >= 0.6 is 31.9 Å². The summed E-state index contributed by atoms with van der Waals surface area (Å²) in [6, 6.07) is 2.84. The molecule has 2 nitrogen and oxygen atoms in total. The average Bonchev–Trinajstić information content (AvgIpc) is 2.09. The molecule has 0 radical (unpaired) electrons. The van der Waals surface area contributed by atoms with Crippen molar-refractivity contribution in [1.82, 2.24) is 4.98 Å². The summed E-state index contributed by atoms with van der Waals surface area (Å²) in [6.45, 7) is 0. The van der Waals surface area contributed by atoms with Gasteiger partial charge in [-0.3, -0.25) is 0 Å². The second kappa shape index (κ2) is 4.11. The first kappa shape index (κ1) is 10.5. The maximum Gasteiger partial charge on any atom is 0.280 e. The van der Waals surface area contributed by atoms with Crippen LogP contribution < -0.4 is 0 Å². The van der Waals surface area contributed by atoms with Crippen molar-refractivity contribution in [2.75, 3.05) is 0 Å². The number of nitrogens with zero attached hydrogens (tertiary/aromatic N) is 2. The van der Waals surface area contributed by atoms with E-state index in [-0.39, 0.29) is 10.2 Å². The molecule has 0 aliphatic rings. The molecule has 6 heteroatoms. The quantitative estimate of drug-likeness (QED) is 0.745. The zero-order valence-electron chi connectivity index (χ0n) is 6.06. The Kier molecular flexibility index (Phi) is 3.33. The minimum absolute atomic E-state index is 0.136. The van der Waals surface area contributed by atoms with Gasteiger partial charge in [-0.1, -0.05) is 0 Å². The van der Waals surface area contributed by atoms with E-state index >= 15 is 0 Å². The first-order chi connectivity index (χ1) is 6.06. The highest BCUT2D eigenvalue weighted by Crippen LogP contribution is 2.28. The Morgan fingerprint density at radius 3 is 2.54 bits per heavy atom. The van der Waals surface area contributed by atoms with Crippen molar-refractivity contribution in [1.29, 1.82) is 5.26 Å². The zero-order valence-corrected chi connectivity index (χ0v) is 9.23. The van der Waals surface area contributed by atoms with Crippen LogP contribution in [-0.2, 0) is 0 Å². The van der Waals surface area contributed by atoms with Crippen LogP contribution in [0.3, 0.4) is 0 Å². The fourth-order valence-electron chi connectivity index (χ4n) is 0.710. The number of nitriles is 1. The van der Waals surface area contributed by atoms with Crippen molar-refractivity contribution >= 4 is 31.9 Å². The number of aromatic nitrogens is 1. The summed E-state index contributed by atoms with van der Waals surface area (Å²) >= 11 is 6.01. The van der Waals surface area contributed by atoms with Gasteiger partial charge in [0.1, 0.15) is 16.4 Å². The van der Waals surface area contributed by atoms with E-state index in [1.807, 2.05) is 0 Å². The van der Waals surface area contributed by atoms with Gasteiger partial charge in [-0.05, 0) is 37.9 Å². The summed E-state index contributed by atoms with van der Waals surface area (Å²) in [4.78, 5) is 3.55. The van der Waals surface area contributed by atoms with E-state index in [0.29, 0.717) is 4.47 Å². The Morgan fingerprint density at radius 2 is 2.08 bits per heavy atom. The van der Waals surface area contributed by atoms with E-state index in [2.05, 4.69) is 36.8 Å². The standard InChI is InChI=1S/C7H2Br2F2N2/c8-5-3(2-12)1-4(7(10)11)13-6(5)9/h1,7H. The molecular formula is C7H2Br2F2N2. The molecular weight excluding hydrogens is 310 g/mol. The third-order valence-electron chi connectivity index (χ3n) is 1.28. The molecule has 0 aromatic carbocycles. The summed E-state index contributed by atoms with van der Waals surface area (Å²) < 4.78 is 25.0. The molecule has 1 rings (SSSR count). The van der Waals surface area contributed by atoms with E-state index in [1.165, 1.54) is 0 Å². The lowest BCUT2D eigenvalue weighted by molar-refractivity contribution is 0.146. The second-order valence-corrected chi connectivity index (χ2v) is 3.66. The van der Waals surface area contributed by atoms with Gasteiger partial charge in [-0.25, -0.2) is 13.8 Å². The summed E-state index contributed by atoms with van der Waals surface area (Å²) in [7, 11) is 0. The number of rotatable bonds is 1. The molecule has 0 amide bonds. The molecule has 1 heterocycles. The third kappa shape index (κ3) is 2.23. The van der Waals surface area contributed by atoms with E-state index in [4.69, 9.17) is 5.26 Å². The smallest absolute Gasteiger partial charge is 0.239 e. The number of hydrogen-bond acceptors (Lipinski definition) is 2. The highest BCUT2D eigenvalue weighted by atomic mass is 79.9. The first-order valence-corrected chi connectivity index (χ1v) is 4.69. The van der Waals surface area contributed by atoms with E-state index < -0.39 is 12.1 Å².